The van der Waals surface area contributed by atoms with Crippen molar-refractivity contribution >= 4 is 0 Å². The van der Waals surface area contributed by atoms with Crippen LogP contribution in [0, 0.1) is 5.92 Å². The molecule has 0 radical (unpaired) electrons. The van der Waals surface area contributed by atoms with E-state index in [2.05, 4.69) is 0 Å². The third-order valence-electron chi connectivity index (χ3n) is 2.10. The summed E-state index contributed by atoms with van der Waals surface area (Å²) in [5, 5.41) is 17.2. The summed E-state index contributed by atoms with van der Waals surface area (Å²) < 4.78 is 35.5. The van der Waals surface area contributed by atoms with Crippen molar-refractivity contribution in [2.45, 2.75) is 12.3 Å². The molecule has 0 spiro atoms. The quantitative estimate of drug-likeness (QED) is 0.663. The third kappa shape index (κ3) is 2.82. The Morgan fingerprint density at radius 3 is 2.31 bits per heavy atom. The molecule has 1 unspecified atom stereocenters. The Morgan fingerprint density at radius 2 is 1.92 bits per heavy atom. The average molecular weight is 199 g/mol. The van der Waals surface area contributed by atoms with Crippen LogP contribution < -0.4 is 0 Å². The van der Waals surface area contributed by atoms with E-state index in [9.17, 15) is 13.2 Å². The van der Waals surface area contributed by atoms with E-state index >= 15 is 0 Å². The lowest BCUT2D eigenvalue weighted by molar-refractivity contribution is -0.212. The molecule has 1 aliphatic rings. The van der Waals surface area contributed by atoms with Crippen LogP contribution in [-0.2, 0) is 0 Å². The van der Waals surface area contributed by atoms with Crippen LogP contribution in [-0.4, -0.2) is 53.6 Å². The van der Waals surface area contributed by atoms with E-state index in [1.165, 1.54) is 4.90 Å². The minimum atomic E-state index is -4.54. The Morgan fingerprint density at radius 1 is 1.38 bits per heavy atom. The molecule has 3 nitrogen and oxygen atoms in total. The fourth-order valence-corrected chi connectivity index (χ4v) is 1.29. The highest BCUT2D eigenvalue weighted by Gasteiger charge is 2.41. The van der Waals surface area contributed by atoms with Gasteiger partial charge < -0.3 is 10.2 Å². The molecule has 1 atom stereocenters. The summed E-state index contributed by atoms with van der Waals surface area (Å²) in [6.45, 7) is 0.478. The molecule has 13 heavy (non-hydrogen) atoms. The van der Waals surface area contributed by atoms with Gasteiger partial charge in [-0.3, -0.25) is 4.90 Å². The summed E-state index contributed by atoms with van der Waals surface area (Å²) in [6, 6.07) is 0. The van der Waals surface area contributed by atoms with E-state index in [0.29, 0.717) is 13.1 Å². The molecule has 0 aliphatic carbocycles. The van der Waals surface area contributed by atoms with Crippen molar-refractivity contribution in [3.63, 3.8) is 0 Å². The maximum atomic E-state index is 11.8. The van der Waals surface area contributed by atoms with Crippen molar-refractivity contribution in [1.29, 1.82) is 0 Å². The van der Waals surface area contributed by atoms with Crippen molar-refractivity contribution in [2.24, 2.45) is 5.92 Å². The zero-order valence-corrected chi connectivity index (χ0v) is 6.96. The van der Waals surface area contributed by atoms with E-state index in [1.54, 1.807) is 0 Å². The molecule has 0 aromatic carbocycles. The van der Waals surface area contributed by atoms with Crippen LogP contribution >= 0.6 is 0 Å². The Labute approximate surface area is 73.8 Å². The second kappa shape index (κ2) is 3.81. The molecule has 0 saturated carbocycles. The maximum Gasteiger partial charge on any atom is 0.415 e. The Hall–Kier alpha value is -0.330. The zero-order chi connectivity index (χ0) is 10.1. The zero-order valence-electron chi connectivity index (χ0n) is 6.96. The summed E-state index contributed by atoms with van der Waals surface area (Å²) >= 11 is 0. The first-order chi connectivity index (χ1) is 5.93. The van der Waals surface area contributed by atoms with Gasteiger partial charge in [0, 0.05) is 32.2 Å². The van der Waals surface area contributed by atoms with Gasteiger partial charge in [-0.25, -0.2) is 0 Å². The number of hydrogen-bond donors (Lipinski definition) is 2. The van der Waals surface area contributed by atoms with Crippen LogP contribution in [0.1, 0.15) is 0 Å². The fourth-order valence-electron chi connectivity index (χ4n) is 1.29. The number of aliphatic hydroxyl groups excluding tert-OH is 2. The largest absolute Gasteiger partial charge is 0.415 e. The number of alkyl halides is 3. The minimum Gasteiger partial charge on any atom is -0.396 e. The summed E-state index contributed by atoms with van der Waals surface area (Å²) in [5.74, 6) is 0.0698. The molecule has 2 N–H and O–H groups in total. The Balaban J connectivity index is 2.20. The molecule has 1 saturated heterocycles. The number of rotatable bonds is 3. The molecular formula is C7H12F3NO2. The fraction of sp³-hybridized carbons (Fsp3) is 1.00. The van der Waals surface area contributed by atoms with Gasteiger partial charge in [-0.1, -0.05) is 0 Å². The summed E-state index contributed by atoms with van der Waals surface area (Å²) in [7, 11) is 0. The standard InChI is InChI=1S/C7H12F3NO2/c8-7(9,10)6(13)3-11-1-5(2-11)4-12/h5-6,12-13H,1-4H2. The van der Waals surface area contributed by atoms with E-state index in [0.717, 1.165) is 0 Å². The average Bonchev–Trinajstić information content (AvgIpc) is 1.93. The first-order valence-electron chi connectivity index (χ1n) is 4.01. The molecule has 1 rings (SSSR count). The number of β-amino-alcohol motifs (C(OH)–C–C–N with tert-alkyl or cyclic N) is 1. The highest BCUT2D eigenvalue weighted by atomic mass is 19.4. The summed E-state index contributed by atoms with van der Waals surface area (Å²) in [6.07, 6.45) is -6.81. The van der Waals surface area contributed by atoms with Gasteiger partial charge in [0.2, 0.25) is 0 Å². The molecule has 1 aliphatic heterocycles. The van der Waals surface area contributed by atoms with Gasteiger partial charge in [0.15, 0.2) is 6.10 Å². The van der Waals surface area contributed by atoms with Crippen LogP contribution in [0.4, 0.5) is 13.2 Å². The van der Waals surface area contributed by atoms with Crippen molar-refractivity contribution < 1.29 is 23.4 Å². The second-order valence-electron chi connectivity index (χ2n) is 3.32. The van der Waals surface area contributed by atoms with E-state index < -0.39 is 12.3 Å². The molecule has 1 heterocycles. The molecule has 1 fully saturated rings. The van der Waals surface area contributed by atoms with Crippen LogP contribution in [0.5, 0.6) is 0 Å². The van der Waals surface area contributed by atoms with Crippen molar-refractivity contribution in [3.8, 4) is 0 Å². The van der Waals surface area contributed by atoms with Gasteiger partial charge in [-0.2, -0.15) is 13.2 Å². The highest BCUT2D eigenvalue weighted by molar-refractivity contribution is 4.82. The van der Waals surface area contributed by atoms with Crippen LogP contribution in [0.15, 0.2) is 0 Å². The molecular weight excluding hydrogens is 187 g/mol. The maximum absolute atomic E-state index is 11.8. The van der Waals surface area contributed by atoms with Gasteiger partial charge in [-0.15, -0.1) is 0 Å². The minimum absolute atomic E-state index is 0.00138. The molecule has 0 aromatic rings. The predicted octanol–water partition coefficient (Wildman–Crippen LogP) is -0.166. The molecule has 78 valence electrons. The molecule has 0 amide bonds. The van der Waals surface area contributed by atoms with E-state index in [1.807, 2.05) is 0 Å². The Kier molecular flexibility index (Phi) is 3.15. The number of nitrogens with zero attached hydrogens (tertiary/aromatic N) is 1. The molecule has 0 aromatic heterocycles. The van der Waals surface area contributed by atoms with Gasteiger partial charge in [0.1, 0.15) is 0 Å². The van der Waals surface area contributed by atoms with Crippen LogP contribution in [0.25, 0.3) is 0 Å². The van der Waals surface area contributed by atoms with E-state index in [4.69, 9.17) is 10.2 Å². The summed E-state index contributed by atoms with van der Waals surface area (Å²) in [5.41, 5.74) is 0. The van der Waals surface area contributed by atoms with E-state index in [-0.39, 0.29) is 19.1 Å². The Bertz CT molecular complexity index is 168. The monoisotopic (exact) mass is 199 g/mol. The number of hydrogen-bond acceptors (Lipinski definition) is 3. The predicted molar refractivity (Wildman–Crippen MR) is 39.1 cm³/mol. The lowest BCUT2D eigenvalue weighted by Gasteiger charge is -2.39. The van der Waals surface area contributed by atoms with Gasteiger partial charge in [0.05, 0.1) is 0 Å². The first kappa shape index (κ1) is 10.7. The van der Waals surface area contributed by atoms with Crippen molar-refractivity contribution in [1.82, 2.24) is 4.90 Å². The third-order valence-corrected chi connectivity index (χ3v) is 2.10. The summed E-state index contributed by atoms with van der Waals surface area (Å²) in [4.78, 5) is 1.47. The second-order valence-corrected chi connectivity index (χ2v) is 3.32. The first-order valence-corrected chi connectivity index (χ1v) is 4.01. The SMILES string of the molecule is OCC1CN(CC(O)C(F)(F)F)C1. The van der Waals surface area contributed by atoms with Gasteiger partial charge >= 0.3 is 6.18 Å². The number of aliphatic hydroxyl groups is 2. The van der Waals surface area contributed by atoms with Crippen molar-refractivity contribution in [2.75, 3.05) is 26.2 Å². The lowest BCUT2D eigenvalue weighted by atomic mass is 10.0. The van der Waals surface area contributed by atoms with Gasteiger partial charge in [0.25, 0.3) is 0 Å². The smallest absolute Gasteiger partial charge is 0.396 e. The normalized spacial score (nSPS) is 22.8. The van der Waals surface area contributed by atoms with Crippen molar-refractivity contribution in [3.05, 3.63) is 0 Å². The number of halogens is 3. The van der Waals surface area contributed by atoms with Crippen LogP contribution in [0.3, 0.4) is 0 Å². The number of likely N-dealkylation sites (tertiary alicyclic amines) is 1. The lowest BCUT2D eigenvalue weighted by Crippen LogP contribution is -2.53. The van der Waals surface area contributed by atoms with Crippen LogP contribution in [0.2, 0.25) is 0 Å². The highest BCUT2D eigenvalue weighted by Crippen LogP contribution is 2.23. The molecule has 6 heteroatoms. The topological polar surface area (TPSA) is 43.7 Å². The molecule has 0 bridgehead atoms. The van der Waals surface area contributed by atoms with Gasteiger partial charge in [-0.05, 0) is 0 Å².